The van der Waals surface area contributed by atoms with E-state index in [4.69, 9.17) is 9.40 Å². The van der Waals surface area contributed by atoms with E-state index in [-0.39, 0.29) is 11.0 Å². The molecule has 32 heavy (non-hydrogen) atoms. The lowest BCUT2D eigenvalue weighted by Gasteiger charge is -2.20. The van der Waals surface area contributed by atoms with Gasteiger partial charge in [0.2, 0.25) is 0 Å². The molecule has 164 valence electrons. The Morgan fingerprint density at radius 3 is 2.50 bits per heavy atom. The molecule has 0 amide bonds. The predicted octanol–water partition coefficient (Wildman–Crippen LogP) is 7.15. The number of aryl methyl sites for hydroxylation is 1. The predicted molar refractivity (Wildman–Crippen MR) is 137 cm³/mol. The fourth-order valence-corrected chi connectivity index (χ4v) is 4.76. The molecular weight excluding hydrogens is 554 g/mol. The van der Waals surface area contributed by atoms with E-state index in [1.807, 2.05) is 39.0 Å². The minimum absolute atomic E-state index is 0.225. The highest BCUT2D eigenvalue weighted by Crippen LogP contribution is 2.35. The summed E-state index contributed by atoms with van der Waals surface area (Å²) in [5.74, 6) is 1.11. The largest absolute Gasteiger partial charge is 0.447 e. The van der Waals surface area contributed by atoms with Crippen LogP contribution < -0.4 is 5.56 Å². The van der Waals surface area contributed by atoms with Crippen molar-refractivity contribution in [3.63, 3.8) is 0 Å². The van der Waals surface area contributed by atoms with Gasteiger partial charge in [-0.3, -0.25) is 4.79 Å². The van der Waals surface area contributed by atoms with Gasteiger partial charge in [-0.1, -0.05) is 66.2 Å². The highest BCUT2D eigenvalue weighted by atomic mass is 79.9. The Labute approximate surface area is 207 Å². The van der Waals surface area contributed by atoms with Gasteiger partial charge in [-0.15, -0.1) is 0 Å². The zero-order valence-corrected chi connectivity index (χ0v) is 22.0. The van der Waals surface area contributed by atoms with Crippen LogP contribution in [0.5, 0.6) is 0 Å². The number of hydrogen-bond acceptors (Lipinski definition) is 5. The van der Waals surface area contributed by atoms with E-state index < -0.39 is 0 Å². The highest BCUT2D eigenvalue weighted by Gasteiger charge is 2.23. The third-order valence-electron chi connectivity index (χ3n) is 4.69. The maximum absolute atomic E-state index is 13.3. The maximum atomic E-state index is 13.3. The molecule has 0 aliphatic rings. The number of nitrogens with zero attached hydrogens (tertiary/aromatic N) is 3. The summed E-state index contributed by atoms with van der Waals surface area (Å²) in [5.41, 5.74) is 1.25. The van der Waals surface area contributed by atoms with E-state index in [1.54, 1.807) is 12.3 Å². The summed E-state index contributed by atoms with van der Waals surface area (Å²) >= 11 is 8.50. The van der Waals surface area contributed by atoms with Crippen LogP contribution >= 0.6 is 43.6 Å². The van der Waals surface area contributed by atoms with Crippen LogP contribution in [0.1, 0.15) is 37.9 Å². The van der Waals surface area contributed by atoms with Crippen molar-refractivity contribution in [1.82, 2.24) is 9.66 Å². The SMILES string of the molecule is Cc1ccc(Sc2oc(C=Nn3c(C(C)(C)C)nc4ccc(Br)cc4c3=O)cc2Br)cc1. The standard InChI is InChI=1S/C24H21Br2N3O2S/c1-14-5-8-17(9-6-14)32-22-19(26)12-16(31-22)13-27-29-21(30)18-11-15(25)7-10-20(18)28-23(29)24(2,3)4/h5-13H,1-4H3. The number of hydrogen-bond donors (Lipinski definition) is 0. The third kappa shape index (κ3) is 4.92. The first kappa shape index (κ1) is 23.0. The first-order valence-electron chi connectivity index (χ1n) is 9.93. The molecule has 0 bridgehead atoms. The Bertz CT molecular complexity index is 1380. The average molecular weight is 575 g/mol. The zero-order valence-electron chi connectivity index (χ0n) is 18.0. The Morgan fingerprint density at radius 2 is 1.81 bits per heavy atom. The second-order valence-electron chi connectivity index (χ2n) is 8.41. The first-order chi connectivity index (χ1) is 15.1. The Morgan fingerprint density at radius 1 is 1.09 bits per heavy atom. The van der Waals surface area contributed by atoms with Crippen molar-refractivity contribution >= 4 is 60.7 Å². The van der Waals surface area contributed by atoms with Gasteiger partial charge in [-0.25, -0.2) is 4.98 Å². The molecule has 0 saturated heterocycles. The minimum Gasteiger partial charge on any atom is -0.447 e. The van der Waals surface area contributed by atoms with Gasteiger partial charge in [0.05, 0.1) is 21.6 Å². The van der Waals surface area contributed by atoms with Crippen molar-refractivity contribution in [3.8, 4) is 0 Å². The monoisotopic (exact) mass is 573 g/mol. The lowest BCUT2D eigenvalue weighted by Crippen LogP contribution is -2.29. The minimum atomic E-state index is -0.381. The van der Waals surface area contributed by atoms with E-state index in [0.717, 1.165) is 18.9 Å². The van der Waals surface area contributed by atoms with Crippen LogP contribution in [-0.4, -0.2) is 15.9 Å². The van der Waals surface area contributed by atoms with E-state index >= 15 is 0 Å². The molecule has 5 nitrogen and oxygen atoms in total. The third-order valence-corrected chi connectivity index (χ3v) is 7.03. The number of fused-ring (bicyclic) bond motifs is 1. The molecule has 0 unspecified atom stereocenters. The summed E-state index contributed by atoms with van der Waals surface area (Å²) in [6, 6.07) is 15.5. The molecule has 0 spiro atoms. The number of rotatable bonds is 4. The van der Waals surface area contributed by atoms with E-state index in [2.05, 4.69) is 68.2 Å². The van der Waals surface area contributed by atoms with Crippen LogP contribution in [0.25, 0.3) is 10.9 Å². The Kier molecular flexibility index (Phi) is 6.47. The van der Waals surface area contributed by atoms with Crippen molar-refractivity contribution in [3.05, 3.63) is 85.0 Å². The fraction of sp³-hybridized carbons (Fsp3) is 0.208. The van der Waals surface area contributed by atoms with E-state index in [1.165, 1.54) is 22.0 Å². The normalized spacial score (nSPS) is 12.2. The van der Waals surface area contributed by atoms with Crippen molar-refractivity contribution in [2.75, 3.05) is 0 Å². The molecule has 2 aromatic carbocycles. The molecular formula is C24H21Br2N3O2S. The van der Waals surface area contributed by atoms with Crippen LogP contribution in [0, 0.1) is 6.92 Å². The molecule has 4 aromatic rings. The van der Waals surface area contributed by atoms with Gasteiger partial charge in [0.25, 0.3) is 5.56 Å². The summed E-state index contributed by atoms with van der Waals surface area (Å²) < 4.78 is 8.97. The summed E-state index contributed by atoms with van der Waals surface area (Å²) in [4.78, 5) is 19.1. The molecule has 0 atom stereocenters. The lowest BCUT2D eigenvalue weighted by molar-refractivity contribution is 0.464. The number of halogens is 2. The molecule has 8 heteroatoms. The Balaban J connectivity index is 1.73. The molecule has 0 fully saturated rings. The van der Waals surface area contributed by atoms with Crippen LogP contribution in [0.3, 0.4) is 0 Å². The van der Waals surface area contributed by atoms with Gasteiger partial charge in [0, 0.05) is 20.8 Å². The molecule has 0 aliphatic carbocycles. The average Bonchev–Trinajstić information content (AvgIpc) is 3.07. The smallest absolute Gasteiger partial charge is 0.282 e. The Hall–Kier alpha value is -2.16. The topological polar surface area (TPSA) is 60.4 Å². The van der Waals surface area contributed by atoms with E-state index in [9.17, 15) is 4.79 Å². The van der Waals surface area contributed by atoms with Crippen molar-refractivity contribution in [1.29, 1.82) is 0 Å². The van der Waals surface area contributed by atoms with Gasteiger partial charge >= 0.3 is 0 Å². The van der Waals surface area contributed by atoms with Crippen LogP contribution in [0.4, 0.5) is 0 Å². The second kappa shape index (κ2) is 9.00. The molecule has 0 saturated carbocycles. The quantitative estimate of drug-likeness (QED) is 0.243. The zero-order chi connectivity index (χ0) is 23.0. The number of benzene rings is 2. The van der Waals surface area contributed by atoms with Crippen molar-refractivity contribution < 1.29 is 4.42 Å². The summed E-state index contributed by atoms with van der Waals surface area (Å²) in [6.07, 6.45) is 1.55. The van der Waals surface area contributed by atoms with Gasteiger partial charge in [-0.2, -0.15) is 9.78 Å². The van der Waals surface area contributed by atoms with Gasteiger partial charge in [0.15, 0.2) is 5.09 Å². The van der Waals surface area contributed by atoms with Crippen LogP contribution in [0.2, 0.25) is 0 Å². The molecule has 4 rings (SSSR count). The lowest BCUT2D eigenvalue weighted by atomic mass is 9.95. The van der Waals surface area contributed by atoms with Gasteiger partial charge in [-0.05, 0) is 53.2 Å². The van der Waals surface area contributed by atoms with Crippen LogP contribution in [0.15, 0.2) is 81.8 Å². The van der Waals surface area contributed by atoms with E-state index in [0.29, 0.717) is 22.5 Å². The van der Waals surface area contributed by atoms with Crippen molar-refractivity contribution in [2.24, 2.45) is 5.10 Å². The number of aromatic nitrogens is 2. The van der Waals surface area contributed by atoms with Gasteiger partial charge in [0.1, 0.15) is 11.6 Å². The fourth-order valence-electron chi connectivity index (χ4n) is 3.07. The molecule has 2 aromatic heterocycles. The summed E-state index contributed by atoms with van der Waals surface area (Å²) in [7, 11) is 0. The molecule has 0 N–H and O–H groups in total. The number of furan rings is 1. The van der Waals surface area contributed by atoms with Gasteiger partial charge < -0.3 is 4.42 Å². The second-order valence-corrected chi connectivity index (χ2v) is 11.2. The highest BCUT2D eigenvalue weighted by molar-refractivity contribution is 9.10. The van der Waals surface area contributed by atoms with Crippen LogP contribution in [-0.2, 0) is 5.41 Å². The first-order valence-corrected chi connectivity index (χ1v) is 12.3. The molecule has 2 heterocycles. The summed E-state index contributed by atoms with van der Waals surface area (Å²) in [6.45, 7) is 8.07. The van der Waals surface area contributed by atoms with Crippen molar-refractivity contribution in [2.45, 2.75) is 43.1 Å². The molecule has 0 aliphatic heterocycles. The maximum Gasteiger partial charge on any atom is 0.282 e. The molecule has 0 radical (unpaired) electrons. The summed E-state index contributed by atoms with van der Waals surface area (Å²) in [5, 5.41) is 5.70.